The van der Waals surface area contributed by atoms with E-state index in [4.69, 9.17) is 9.47 Å². The molecule has 1 amide bonds. The molecule has 0 radical (unpaired) electrons. The molecule has 1 unspecified atom stereocenters. The Morgan fingerprint density at radius 3 is 2.41 bits per heavy atom. The Balaban J connectivity index is 1.39. The Hall–Kier alpha value is -2.65. The average molecular weight is 491 g/mol. The lowest BCUT2D eigenvalue weighted by Crippen LogP contribution is -2.46. The Labute approximate surface area is 200 Å². The monoisotopic (exact) mass is 490 g/mol. The zero-order valence-corrected chi connectivity index (χ0v) is 20.4. The number of likely N-dealkylation sites (tertiary alicyclic amines) is 1. The molecular weight excluding hydrogens is 459 g/mol. The summed E-state index contributed by atoms with van der Waals surface area (Å²) < 4.78 is 51.8. The summed E-state index contributed by atoms with van der Waals surface area (Å²) >= 11 is 0. The van der Waals surface area contributed by atoms with Crippen molar-refractivity contribution in [2.45, 2.75) is 43.0 Å². The number of piperidine rings is 1. The fourth-order valence-electron chi connectivity index (χ4n) is 4.98. The normalized spacial score (nSPS) is 19.9. The minimum absolute atomic E-state index is 0.0582. The van der Waals surface area contributed by atoms with Crippen LogP contribution in [0.5, 0.6) is 11.5 Å². The zero-order valence-electron chi connectivity index (χ0n) is 19.6. The molecule has 1 atom stereocenters. The molecule has 2 aliphatic heterocycles. The first kappa shape index (κ1) is 24.5. The summed E-state index contributed by atoms with van der Waals surface area (Å²) in [6.07, 6.45) is 3.42. The van der Waals surface area contributed by atoms with Gasteiger partial charge in [0.25, 0.3) is 0 Å². The third kappa shape index (κ3) is 5.05. The van der Waals surface area contributed by atoms with Gasteiger partial charge in [0.1, 0.15) is 5.82 Å². The molecule has 0 spiro atoms. The van der Waals surface area contributed by atoms with Crippen LogP contribution in [0.4, 0.5) is 4.39 Å². The van der Waals surface area contributed by atoms with Gasteiger partial charge in [0.2, 0.25) is 15.9 Å². The Morgan fingerprint density at radius 2 is 1.74 bits per heavy atom. The molecule has 2 aromatic carbocycles. The van der Waals surface area contributed by atoms with E-state index in [0.717, 1.165) is 18.4 Å². The Bertz CT molecular complexity index is 1130. The molecule has 9 heteroatoms. The van der Waals surface area contributed by atoms with Crippen LogP contribution >= 0.6 is 0 Å². The van der Waals surface area contributed by atoms with Crippen LogP contribution in [-0.4, -0.2) is 63.4 Å². The van der Waals surface area contributed by atoms with Gasteiger partial charge in [0.05, 0.1) is 19.1 Å². The van der Waals surface area contributed by atoms with Gasteiger partial charge in [-0.3, -0.25) is 4.79 Å². The van der Waals surface area contributed by atoms with Crippen molar-refractivity contribution in [1.29, 1.82) is 0 Å². The summed E-state index contributed by atoms with van der Waals surface area (Å²) in [6.45, 7) is 1.27. The zero-order chi connectivity index (χ0) is 24.3. The minimum Gasteiger partial charge on any atom is -0.493 e. The maximum absolute atomic E-state index is 13.6. The number of hydrogen-bond donors (Lipinski definition) is 0. The van der Waals surface area contributed by atoms with Crippen molar-refractivity contribution < 1.29 is 27.1 Å². The number of carbonyl (C=O) groups is 1. The lowest BCUT2D eigenvalue weighted by Gasteiger charge is -2.34. The van der Waals surface area contributed by atoms with E-state index in [-0.39, 0.29) is 41.7 Å². The molecule has 2 aromatic rings. The molecule has 0 N–H and O–H groups in total. The molecule has 2 saturated heterocycles. The van der Waals surface area contributed by atoms with Gasteiger partial charge in [-0.2, -0.15) is 4.31 Å². The van der Waals surface area contributed by atoms with Gasteiger partial charge in [-0.1, -0.05) is 12.1 Å². The fraction of sp³-hybridized carbons (Fsp3) is 0.480. The minimum atomic E-state index is -3.71. The highest BCUT2D eigenvalue weighted by atomic mass is 32.2. The second kappa shape index (κ2) is 10.3. The molecule has 184 valence electrons. The Morgan fingerprint density at radius 1 is 1.00 bits per heavy atom. The van der Waals surface area contributed by atoms with E-state index in [1.165, 1.54) is 42.8 Å². The van der Waals surface area contributed by atoms with Crippen molar-refractivity contribution in [3.05, 3.63) is 53.8 Å². The number of benzene rings is 2. The van der Waals surface area contributed by atoms with Gasteiger partial charge in [0, 0.05) is 37.7 Å². The van der Waals surface area contributed by atoms with Crippen molar-refractivity contribution >= 4 is 15.9 Å². The molecule has 0 saturated carbocycles. The standard InChI is InChI=1S/C25H31FN2O5S/c1-32-23-9-8-22(17-24(23)33-2)34(30,31)27-13-10-19(11-14-27)25(29)28-12-4-7-21(28)16-18-5-3-6-20(26)15-18/h3,5-6,8-9,15,17,19,21H,4,7,10-14,16H2,1-2H3. The van der Waals surface area contributed by atoms with Crippen molar-refractivity contribution in [2.24, 2.45) is 5.92 Å². The van der Waals surface area contributed by atoms with Gasteiger partial charge in [-0.15, -0.1) is 0 Å². The summed E-state index contributed by atoms with van der Waals surface area (Å²) in [5.41, 5.74) is 0.889. The molecule has 4 rings (SSSR count). The SMILES string of the molecule is COc1ccc(S(=O)(=O)N2CCC(C(=O)N3CCCC3Cc3cccc(F)c3)CC2)cc1OC. The molecule has 34 heavy (non-hydrogen) atoms. The summed E-state index contributed by atoms with van der Waals surface area (Å²) in [5, 5.41) is 0. The van der Waals surface area contributed by atoms with E-state index in [9.17, 15) is 17.6 Å². The van der Waals surface area contributed by atoms with Crippen molar-refractivity contribution in [2.75, 3.05) is 33.9 Å². The maximum Gasteiger partial charge on any atom is 0.243 e. The van der Waals surface area contributed by atoms with Crippen LogP contribution in [0.2, 0.25) is 0 Å². The predicted molar refractivity (Wildman–Crippen MR) is 126 cm³/mol. The third-order valence-electron chi connectivity index (χ3n) is 6.82. The maximum atomic E-state index is 13.6. The van der Waals surface area contributed by atoms with E-state index in [2.05, 4.69) is 0 Å². The molecule has 2 aliphatic rings. The number of nitrogens with zero attached hydrogens (tertiary/aromatic N) is 2. The summed E-state index contributed by atoms with van der Waals surface area (Å²) in [6, 6.07) is 11.1. The largest absolute Gasteiger partial charge is 0.493 e. The molecule has 0 aromatic heterocycles. The molecule has 2 heterocycles. The van der Waals surface area contributed by atoms with Gasteiger partial charge < -0.3 is 14.4 Å². The lowest BCUT2D eigenvalue weighted by atomic mass is 9.95. The van der Waals surface area contributed by atoms with E-state index < -0.39 is 10.0 Å². The highest BCUT2D eigenvalue weighted by molar-refractivity contribution is 7.89. The number of amides is 1. The second-order valence-corrected chi connectivity index (χ2v) is 10.8. The lowest BCUT2D eigenvalue weighted by molar-refractivity contribution is -0.137. The van der Waals surface area contributed by atoms with E-state index in [0.29, 0.717) is 37.3 Å². The van der Waals surface area contributed by atoms with Crippen molar-refractivity contribution in [3.8, 4) is 11.5 Å². The van der Waals surface area contributed by atoms with Crippen LogP contribution in [0.25, 0.3) is 0 Å². The first-order chi connectivity index (χ1) is 16.3. The molecule has 0 aliphatic carbocycles. The first-order valence-corrected chi connectivity index (χ1v) is 13.0. The fourth-order valence-corrected chi connectivity index (χ4v) is 6.46. The van der Waals surface area contributed by atoms with E-state index in [1.807, 2.05) is 11.0 Å². The first-order valence-electron chi connectivity index (χ1n) is 11.6. The average Bonchev–Trinajstić information content (AvgIpc) is 3.31. The third-order valence-corrected chi connectivity index (χ3v) is 8.71. The highest BCUT2D eigenvalue weighted by Gasteiger charge is 2.37. The van der Waals surface area contributed by atoms with Crippen LogP contribution < -0.4 is 9.47 Å². The highest BCUT2D eigenvalue weighted by Crippen LogP contribution is 2.33. The Kier molecular flexibility index (Phi) is 7.42. The number of halogens is 1. The number of rotatable bonds is 7. The predicted octanol–water partition coefficient (Wildman–Crippen LogP) is 3.48. The van der Waals surface area contributed by atoms with Crippen LogP contribution in [0.1, 0.15) is 31.2 Å². The molecular formula is C25H31FN2O5S. The van der Waals surface area contributed by atoms with E-state index >= 15 is 0 Å². The van der Waals surface area contributed by atoms with Gasteiger partial charge >= 0.3 is 0 Å². The summed E-state index contributed by atoms with van der Waals surface area (Å²) in [5.74, 6) is 0.430. The van der Waals surface area contributed by atoms with Crippen LogP contribution in [0.15, 0.2) is 47.4 Å². The van der Waals surface area contributed by atoms with Crippen molar-refractivity contribution in [1.82, 2.24) is 9.21 Å². The number of ether oxygens (including phenoxy) is 2. The second-order valence-electron chi connectivity index (χ2n) is 8.86. The smallest absolute Gasteiger partial charge is 0.243 e. The van der Waals surface area contributed by atoms with Crippen LogP contribution in [0.3, 0.4) is 0 Å². The van der Waals surface area contributed by atoms with Gasteiger partial charge in [0.15, 0.2) is 11.5 Å². The van der Waals surface area contributed by atoms with E-state index in [1.54, 1.807) is 12.1 Å². The summed E-state index contributed by atoms with van der Waals surface area (Å²) in [4.78, 5) is 15.4. The van der Waals surface area contributed by atoms with Gasteiger partial charge in [-0.05, 0) is 61.9 Å². The molecule has 2 fully saturated rings. The topological polar surface area (TPSA) is 76.2 Å². The van der Waals surface area contributed by atoms with Crippen LogP contribution in [-0.2, 0) is 21.2 Å². The van der Waals surface area contributed by atoms with Gasteiger partial charge in [-0.25, -0.2) is 12.8 Å². The molecule has 0 bridgehead atoms. The number of hydrogen-bond acceptors (Lipinski definition) is 5. The van der Waals surface area contributed by atoms with Crippen LogP contribution in [0, 0.1) is 11.7 Å². The van der Waals surface area contributed by atoms with Crippen molar-refractivity contribution in [3.63, 3.8) is 0 Å². The molecule has 7 nitrogen and oxygen atoms in total. The summed E-state index contributed by atoms with van der Waals surface area (Å²) in [7, 11) is -0.745. The number of carbonyl (C=O) groups excluding carboxylic acids is 1. The quantitative estimate of drug-likeness (QED) is 0.594. The number of sulfonamides is 1. The number of methoxy groups -OCH3 is 2.